The number of nitrogens with one attached hydrogen (secondary N) is 1. The van der Waals surface area contributed by atoms with Crippen LogP contribution in [0.15, 0.2) is 18.3 Å². The number of nitrogens with two attached hydrogens (primary N) is 1. The van der Waals surface area contributed by atoms with Crippen molar-refractivity contribution in [3.8, 4) is 0 Å². The molecule has 1 aromatic rings. The van der Waals surface area contributed by atoms with E-state index in [-0.39, 0.29) is 11.9 Å². The summed E-state index contributed by atoms with van der Waals surface area (Å²) in [6, 6.07) is 3.06. The van der Waals surface area contributed by atoms with Crippen molar-refractivity contribution in [2.45, 2.75) is 19.9 Å². The van der Waals surface area contributed by atoms with E-state index < -0.39 is 0 Å². The van der Waals surface area contributed by atoms with Crippen molar-refractivity contribution in [1.29, 1.82) is 0 Å². The number of nitrogens with zero attached hydrogens (tertiary/aromatic N) is 1. The van der Waals surface area contributed by atoms with Gasteiger partial charge in [-0.3, -0.25) is 0 Å². The minimum atomic E-state index is -0.330. The van der Waals surface area contributed by atoms with Crippen molar-refractivity contribution in [3.63, 3.8) is 0 Å². The normalized spacial score (nSPS) is 12.9. The number of aromatic nitrogens is 1. The predicted molar refractivity (Wildman–Crippen MR) is 55.5 cm³/mol. The highest BCUT2D eigenvalue weighted by Gasteiger charge is 2.06. The first-order valence-corrected chi connectivity index (χ1v) is 4.70. The standard InChI is InChI=1S/C10H16FN3/c1-7(2)9(12)6-14-10-4-3-8(11)5-13-10/h3-5,7,9H,6,12H2,1-2H3,(H,13,14). The van der Waals surface area contributed by atoms with Gasteiger partial charge in [0.25, 0.3) is 0 Å². The Hall–Kier alpha value is -1.16. The molecule has 0 spiro atoms. The van der Waals surface area contributed by atoms with Gasteiger partial charge in [-0.2, -0.15) is 0 Å². The van der Waals surface area contributed by atoms with E-state index in [4.69, 9.17) is 5.73 Å². The van der Waals surface area contributed by atoms with Crippen LogP contribution >= 0.6 is 0 Å². The lowest BCUT2D eigenvalue weighted by Crippen LogP contribution is -2.34. The Labute approximate surface area is 83.5 Å². The first-order valence-electron chi connectivity index (χ1n) is 4.70. The Kier molecular flexibility index (Phi) is 3.83. The third kappa shape index (κ3) is 3.30. The van der Waals surface area contributed by atoms with Crippen LogP contribution in [0.5, 0.6) is 0 Å². The lowest BCUT2D eigenvalue weighted by Gasteiger charge is -2.16. The van der Waals surface area contributed by atoms with Crippen LogP contribution in [0.1, 0.15) is 13.8 Å². The molecule has 1 unspecified atom stereocenters. The van der Waals surface area contributed by atoms with Gasteiger partial charge in [-0.15, -0.1) is 0 Å². The van der Waals surface area contributed by atoms with Gasteiger partial charge in [0.05, 0.1) is 6.20 Å². The molecule has 0 fully saturated rings. The molecule has 0 aromatic carbocycles. The van der Waals surface area contributed by atoms with Gasteiger partial charge in [0.1, 0.15) is 11.6 Å². The Morgan fingerprint density at radius 1 is 1.50 bits per heavy atom. The van der Waals surface area contributed by atoms with E-state index in [2.05, 4.69) is 24.1 Å². The summed E-state index contributed by atoms with van der Waals surface area (Å²) >= 11 is 0. The summed E-state index contributed by atoms with van der Waals surface area (Å²) in [5.74, 6) is 0.745. The average Bonchev–Trinajstić information content (AvgIpc) is 2.16. The molecule has 3 N–H and O–H groups in total. The molecule has 0 aliphatic rings. The first-order chi connectivity index (χ1) is 6.59. The molecule has 0 aliphatic carbocycles. The van der Waals surface area contributed by atoms with Crippen molar-refractivity contribution in [1.82, 2.24) is 4.98 Å². The molecule has 0 saturated heterocycles. The number of hydrogen-bond donors (Lipinski definition) is 2. The second-order valence-corrected chi connectivity index (χ2v) is 3.65. The Balaban J connectivity index is 2.42. The Morgan fingerprint density at radius 3 is 2.71 bits per heavy atom. The van der Waals surface area contributed by atoms with E-state index in [0.29, 0.717) is 18.3 Å². The molecule has 1 atom stereocenters. The topological polar surface area (TPSA) is 50.9 Å². The molecule has 0 amide bonds. The number of pyridine rings is 1. The van der Waals surface area contributed by atoms with Gasteiger partial charge >= 0.3 is 0 Å². The number of hydrogen-bond acceptors (Lipinski definition) is 3. The van der Waals surface area contributed by atoms with Crippen molar-refractivity contribution in [2.75, 3.05) is 11.9 Å². The van der Waals surface area contributed by atoms with Gasteiger partial charge in [0.2, 0.25) is 0 Å². The lowest BCUT2D eigenvalue weighted by atomic mass is 10.1. The predicted octanol–water partition coefficient (Wildman–Crippen LogP) is 1.62. The SMILES string of the molecule is CC(C)C(N)CNc1ccc(F)cn1. The van der Waals surface area contributed by atoms with Gasteiger partial charge in [0.15, 0.2) is 0 Å². The highest BCUT2D eigenvalue weighted by Crippen LogP contribution is 2.04. The van der Waals surface area contributed by atoms with E-state index in [1.54, 1.807) is 6.07 Å². The molecule has 1 rings (SSSR count). The van der Waals surface area contributed by atoms with Gasteiger partial charge < -0.3 is 11.1 Å². The highest BCUT2D eigenvalue weighted by molar-refractivity contribution is 5.33. The lowest BCUT2D eigenvalue weighted by molar-refractivity contribution is 0.511. The van der Waals surface area contributed by atoms with Crippen LogP contribution in [-0.4, -0.2) is 17.6 Å². The molecule has 0 bridgehead atoms. The second kappa shape index (κ2) is 4.91. The fraction of sp³-hybridized carbons (Fsp3) is 0.500. The summed E-state index contributed by atoms with van der Waals surface area (Å²) in [6.07, 6.45) is 1.18. The van der Waals surface area contributed by atoms with E-state index >= 15 is 0 Å². The number of rotatable bonds is 4. The maximum Gasteiger partial charge on any atom is 0.141 e. The van der Waals surface area contributed by atoms with Crippen LogP contribution in [0, 0.1) is 11.7 Å². The molecule has 4 heteroatoms. The van der Waals surface area contributed by atoms with E-state index in [0.717, 1.165) is 0 Å². The summed E-state index contributed by atoms with van der Waals surface area (Å²) in [5, 5.41) is 3.05. The molecule has 78 valence electrons. The molecule has 0 radical (unpaired) electrons. The van der Waals surface area contributed by atoms with Crippen molar-refractivity contribution in [3.05, 3.63) is 24.1 Å². The molecule has 1 aromatic heterocycles. The van der Waals surface area contributed by atoms with E-state index in [1.165, 1.54) is 12.3 Å². The van der Waals surface area contributed by atoms with Crippen LogP contribution < -0.4 is 11.1 Å². The Bertz CT molecular complexity index is 271. The zero-order valence-electron chi connectivity index (χ0n) is 8.50. The van der Waals surface area contributed by atoms with E-state index in [9.17, 15) is 4.39 Å². The van der Waals surface area contributed by atoms with Gasteiger partial charge in [-0.05, 0) is 18.1 Å². The summed E-state index contributed by atoms with van der Waals surface area (Å²) in [6.45, 7) is 4.77. The summed E-state index contributed by atoms with van der Waals surface area (Å²) in [5.41, 5.74) is 5.83. The number of anilines is 1. The molecule has 3 nitrogen and oxygen atoms in total. The summed E-state index contributed by atoms with van der Waals surface area (Å²) in [4.78, 5) is 3.87. The maximum atomic E-state index is 12.5. The summed E-state index contributed by atoms with van der Waals surface area (Å²) < 4.78 is 12.5. The van der Waals surface area contributed by atoms with Crippen molar-refractivity contribution < 1.29 is 4.39 Å². The van der Waals surface area contributed by atoms with Crippen LogP contribution in [0.4, 0.5) is 10.2 Å². The molecule has 0 aliphatic heterocycles. The highest BCUT2D eigenvalue weighted by atomic mass is 19.1. The van der Waals surface area contributed by atoms with Crippen LogP contribution in [0.25, 0.3) is 0 Å². The zero-order chi connectivity index (χ0) is 10.6. The van der Waals surface area contributed by atoms with Crippen molar-refractivity contribution in [2.24, 2.45) is 11.7 Å². The van der Waals surface area contributed by atoms with Crippen LogP contribution in [-0.2, 0) is 0 Å². The smallest absolute Gasteiger partial charge is 0.141 e. The Morgan fingerprint density at radius 2 is 2.21 bits per heavy atom. The molecule has 0 saturated carbocycles. The number of halogens is 1. The molecule has 14 heavy (non-hydrogen) atoms. The zero-order valence-corrected chi connectivity index (χ0v) is 8.50. The fourth-order valence-corrected chi connectivity index (χ4v) is 0.939. The van der Waals surface area contributed by atoms with Crippen LogP contribution in [0.3, 0.4) is 0 Å². The van der Waals surface area contributed by atoms with Gasteiger partial charge in [-0.25, -0.2) is 9.37 Å². The third-order valence-corrected chi connectivity index (χ3v) is 2.10. The monoisotopic (exact) mass is 197 g/mol. The van der Waals surface area contributed by atoms with Crippen molar-refractivity contribution >= 4 is 5.82 Å². The summed E-state index contributed by atoms with van der Waals surface area (Å²) in [7, 11) is 0. The maximum absolute atomic E-state index is 12.5. The van der Waals surface area contributed by atoms with Crippen LogP contribution in [0.2, 0.25) is 0 Å². The molecular formula is C10H16FN3. The quantitative estimate of drug-likeness (QED) is 0.771. The average molecular weight is 197 g/mol. The van der Waals surface area contributed by atoms with Gasteiger partial charge in [-0.1, -0.05) is 13.8 Å². The fourth-order valence-electron chi connectivity index (χ4n) is 0.939. The largest absolute Gasteiger partial charge is 0.369 e. The molecule has 1 heterocycles. The first kappa shape index (κ1) is 10.9. The van der Waals surface area contributed by atoms with Gasteiger partial charge in [0, 0.05) is 12.6 Å². The molecular weight excluding hydrogens is 181 g/mol. The third-order valence-electron chi connectivity index (χ3n) is 2.10. The minimum Gasteiger partial charge on any atom is -0.369 e. The minimum absolute atomic E-state index is 0.0850. The van der Waals surface area contributed by atoms with E-state index in [1.807, 2.05) is 0 Å². The second-order valence-electron chi connectivity index (χ2n) is 3.65.